The average Bonchev–Trinajstić information content (AvgIpc) is 2.26. The zero-order valence-corrected chi connectivity index (χ0v) is 9.43. The summed E-state index contributed by atoms with van der Waals surface area (Å²) in [5, 5.41) is 10.7. The Morgan fingerprint density at radius 1 is 1.37 bits per heavy atom. The molecule has 10 nitrogen and oxygen atoms in total. The van der Waals surface area contributed by atoms with Gasteiger partial charge in [-0.2, -0.15) is 0 Å². The molecule has 0 fully saturated rings. The maximum atomic E-state index is 11.6. The third kappa shape index (κ3) is 3.80. The molecule has 0 aliphatic rings. The SMILES string of the molecule is NC(=O)C[C@H](NC(=O)c1c[nH]c(=O)[nH]c1=O)C(=O)O. The van der Waals surface area contributed by atoms with Gasteiger partial charge in [0.25, 0.3) is 11.5 Å². The third-order valence-corrected chi connectivity index (χ3v) is 2.07. The van der Waals surface area contributed by atoms with Crippen LogP contribution in [0, 0.1) is 0 Å². The van der Waals surface area contributed by atoms with Gasteiger partial charge in [0.1, 0.15) is 11.6 Å². The molecule has 0 saturated carbocycles. The molecule has 0 unspecified atom stereocenters. The van der Waals surface area contributed by atoms with Crippen molar-refractivity contribution in [3.8, 4) is 0 Å². The molecule has 1 heterocycles. The van der Waals surface area contributed by atoms with Crippen LogP contribution in [0.3, 0.4) is 0 Å². The van der Waals surface area contributed by atoms with Gasteiger partial charge in [0.15, 0.2) is 0 Å². The monoisotopic (exact) mass is 270 g/mol. The lowest BCUT2D eigenvalue weighted by Gasteiger charge is -2.11. The molecule has 10 heteroatoms. The van der Waals surface area contributed by atoms with Crippen LogP contribution in [0.5, 0.6) is 0 Å². The Bertz CT molecular complexity index is 630. The van der Waals surface area contributed by atoms with Gasteiger partial charge in [-0.15, -0.1) is 0 Å². The highest BCUT2D eigenvalue weighted by molar-refractivity contribution is 5.97. The molecule has 102 valence electrons. The number of carboxylic acid groups (broad SMARTS) is 1. The van der Waals surface area contributed by atoms with Crippen molar-refractivity contribution in [2.24, 2.45) is 5.73 Å². The zero-order valence-electron chi connectivity index (χ0n) is 9.43. The Hall–Kier alpha value is -2.91. The molecule has 1 aromatic heterocycles. The minimum absolute atomic E-state index is 0.490. The largest absolute Gasteiger partial charge is 0.480 e. The summed E-state index contributed by atoms with van der Waals surface area (Å²) in [6.07, 6.45) is 0.210. The average molecular weight is 270 g/mol. The van der Waals surface area contributed by atoms with Crippen LogP contribution in [0.4, 0.5) is 0 Å². The van der Waals surface area contributed by atoms with Gasteiger partial charge in [-0.1, -0.05) is 0 Å². The van der Waals surface area contributed by atoms with E-state index < -0.39 is 47.1 Å². The molecule has 1 rings (SSSR count). The third-order valence-electron chi connectivity index (χ3n) is 2.07. The van der Waals surface area contributed by atoms with E-state index >= 15 is 0 Å². The fourth-order valence-electron chi connectivity index (χ4n) is 1.22. The molecule has 0 aliphatic heterocycles. The highest BCUT2D eigenvalue weighted by atomic mass is 16.4. The first-order valence-electron chi connectivity index (χ1n) is 4.95. The molecule has 0 spiro atoms. The number of H-pyrrole nitrogens is 2. The summed E-state index contributed by atoms with van der Waals surface area (Å²) in [6, 6.07) is -1.56. The van der Waals surface area contributed by atoms with Crippen LogP contribution in [-0.4, -0.2) is 38.9 Å². The lowest BCUT2D eigenvalue weighted by atomic mass is 10.2. The predicted molar refractivity (Wildman–Crippen MR) is 60.4 cm³/mol. The number of carboxylic acids is 1. The number of carbonyl (C=O) groups is 3. The predicted octanol–water partition coefficient (Wildman–Crippen LogP) is -2.88. The van der Waals surface area contributed by atoms with E-state index in [2.05, 4.69) is 4.98 Å². The summed E-state index contributed by atoms with van der Waals surface area (Å²) in [5.74, 6) is -3.46. The van der Waals surface area contributed by atoms with Gasteiger partial charge in [0, 0.05) is 6.20 Å². The second-order valence-corrected chi connectivity index (χ2v) is 3.52. The van der Waals surface area contributed by atoms with E-state index in [1.54, 1.807) is 4.98 Å². The van der Waals surface area contributed by atoms with Gasteiger partial charge in [-0.05, 0) is 0 Å². The first-order chi connectivity index (χ1) is 8.81. The molecular weight excluding hydrogens is 260 g/mol. The maximum Gasteiger partial charge on any atom is 0.326 e. The van der Waals surface area contributed by atoms with E-state index in [1.165, 1.54) is 0 Å². The standard InChI is InChI=1S/C9H10N4O6/c10-5(14)1-4(8(17)18)12-6(15)3-2-11-9(19)13-7(3)16/h2,4H,1H2,(H2,10,14)(H,12,15)(H,17,18)(H2,11,13,16,19)/t4-/m0/s1. The van der Waals surface area contributed by atoms with Crippen molar-refractivity contribution in [1.29, 1.82) is 0 Å². The number of rotatable bonds is 5. The van der Waals surface area contributed by atoms with Crippen molar-refractivity contribution in [2.75, 3.05) is 0 Å². The fraction of sp³-hybridized carbons (Fsp3) is 0.222. The number of hydrogen-bond donors (Lipinski definition) is 5. The van der Waals surface area contributed by atoms with Crippen LogP contribution in [-0.2, 0) is 9.59 Å². The molecule has 0 aromatic carbocycles. The fourth-order valence-corrected chi connectivity index (χ4v) is 1.22. The van der Waals surface area contributed by atoms with Crippen molar-refractivity contribution in [3.05, 3.63) is 32.6 Å². The normalized spacial score (nSPS) is 11.6. The van der Waals surface area contributed by atoms with E-state index in [9.17, 15) is 24.0 Å². The van der Waals surface area contributed by atoms with E-state index in [0.29, 0.717) is 0 Å². The van der Waals surface area contributed by atoms with Gasteiger partial charge in [-0.3, -0.25) is 19.4 Å². The summed E-state index contributed by atoms with van der Waals surface area (Å²) in [7, 11) is 0. The number of amides is 2. The lowest BCUT2D eigenvalue weighted by Crippen LogP contribution is -2.45. The number of aromatic nitrogens is 2. The minimum atomic E-state index is -1.56. The first-order valence-corrected chi connectivity index (χ1v) is 4.95. The van der Waals surface area contributed by atoms with E-state index in [1.807, 2.05) is 5.32 Å². The van der Waals surface area contributed by atoms with E-state index in [0.717, 1.165) is 6.20 Å². The van der Waals surface area contributed by atoms with Gasteiger partial charge in [0.05, 0.1) is 6.42 Å². The van der Waals surface area contributed by atoms with Crippen LogP contribution >= 0.6 is 0 Å². The van der Waals surface area contributed by atoms with Crippen molar-refractivity contribution < 1.29 is 19.5 Å². The van der Waals surface area contributed by atoms with E-state index in [4.69, 9.17) is 10.8 Å². The Morgan fingerprint density at radius 2 is 2.00 bits per heavy atom. The second-order valence-electron chi connectivity index (χ2n) is 3.52. The molecule has 0 aliphatic carbocycles. The topological polar surface area (TPSA) is 175 Å². The van der Waals surface area contributed by atoms with E-state index in [-0.39, 0.29) is 0 Å². The molecule has 2 amide bonds. The Balaban J connectivity index is 2.94. The molecule has 1 aromatic rings. The van der Waals surface area contributed by atoms with Crippen LogP contribution < -0.4 is 22.3 Å². The van der Waals surface area contributed by atoms with Crippen LogP contribution in [0.2, 0.25) is 0 Å². The van der Waals surface area contributed by atoms with Crippen LogP contribution in [0.25, 0.3) is 0 Å². The zero-order chi connectivity index (χ0) is 14.6. The number of aromatic amines is 2. The smallest absolute Gasteiger partial charge is 0.326 e. The summed E-state index contributed by atoms with van der Waals surface area (Å²) in [4.78, 5) is 58.9. The first kappa shape index (κ1) is 14.2. The van der Waals surface area contributed by atoms with Crippen molar-refractivity contribution >= 4 is 17.8 Å². The summed E-state index contributed by atoms with van der Waals surface area (Å²) < 4.78 is 0. The molecule has 0 saturated heterocycles. The number of primary amides is 1. The van der Waals surface area contributed by atoms with Crippen molar-refractivity contribution in [3.63, 3.8) is 0 Å². The summed E-state index contributed by atoms with van der Waals surface area (Å²) in [5.41, 5.74) is 2.54. The van der Waals surface area contributed by atoms with Crippen LogP contribution in [0.15, 0.2) is 15.8 Å². The molecule has 19 heavy (non-hydrogen) atoms. The molecule has 0 bridgehead atoms. The van der Waals surface area contributed by atoms with Gasteiger partial charge in [-0.25, -0.2) is 9.59 Å². The second kappa shape index (κ2) is 5.62. The Kier molecular flexibility index (Phi) is 4.19. The molecule has 6 N–H and O–H groups in total. The van der Waals surface area contributed by atoms with Gasteiger partial charge >= 0.3 is 11.7 Å². The van der Waals surface area contributed by atoms with Crippen molar-refractivity contribution in [2.45, 2.75) is 12.5 Å². The maximum absolute atomic E-state index is 11.6. The van der Waals surface area contributed by atoms with Crippen molar-refractivity contribution in [1.82, 2.24) is 15.3 Å². The summed E-state index contributed by atoms with van der Waals surface area (Å²) >= 11 is 0. The Labute approximate surface area is 104 Å². The lowest BCUT2D eigenvalue weighted by molar-refractivity contribution is -0.140. The summed E-state index contributed by atoms with van der Waals surface area (Å²) in [6.45, 7) is 0. The molecular formula is C9H10N4O6. The number of nitrogens with one attached hydrogen (secondary N) is 3. The quantitative estimate of drug-likeness (QED) is 0.384. The number of nitrogens with two attached hydrogens (primary N) is 1. The molecule has 0 radical (unpaired) electrons. The van der Waals surface area contributed by atoms with Gasteiger partial charge < -0.3 is 21.1 Å². The van der Waals surface area contributed by atoms with Gasteiger partial charge in [0.2, 0.25) is 5.91 Å². The highest BCUT2D eigenvalue weighted by Crippen LogP contribution is 1.94. The number of hydrogen-bond acceptors (Lipinski definition) is 5. The number of carbonyl (C=O) groups excluding carboxylic acids is 2. The highest BCUT2D eigenvalue weighted by Gasteiger charge is 2.23. The minimum Gasteiger partial charge on any atom is -0.480 e. The Morgan fingerprint density at radius 3 is 2.47 bits per heavy atom. The number of aliphatic carboxylic acids is 1. The molecule has 1 atom stereocenters. The van der Waals surface area contributed by atoms with Crippen LogP contribution in [0.1, 0.15) is 16.8 Å².